The van der Waals surface area contributed by atoms with Crippen LogP contribution in [0.25, 0.3) is 10.9 Å². The van der Waals surface area contributed by atoms with Crippen LogP contribution < -0.4 is 10.7 Å². The summed E-state index contributed by atoms with van der Waals surface area (Å²) < 4.78 is 0. The second-order valence-electron chi connectivity index (χ2n) is 8.30. The number of carbonyl (C=O) groups excluding carboxylic acids is 1. The van der Waals surface area contributed by atoms with E-state index in [1.807, 2.05) is 50.8 Å². The first kappa shape index (κ1) is 19.4. The van der Waals surface area contributed by atoms with Gasteiger partial charge in [0.05, 0.1) is 12.1 Å². The highest BCUT2D eigenvalue weighted by Gasteiger charge is 2.23. The summed E-state index contributed by atoms with van der Waals surface area (Å²) in [5.74, 6) is -0.0534. The van der Waals surface area contributed by atoms with Crippen molar-refractivity contribution in [3.63, 3.8) is 0 Å². The van der Waals surface area contributed by atoms with Gasteiger partial charge in [-0.15, -0.1) is 0 Å². The Morgan fingerprint density at radius 2 is 1.72 bits per heavy atom. The molecule has 0 saturated heterocycles. The van der Waals surface area contributed by atoms with Gasteiger partial charge in [0.2, 0.25) is 5.91 Å². The van der Waals surface area contributed by atoms with E-state index < -0.39 is 0 Å². The van der Waals surface area contributed by atoms with E-state index in [1.54, 1.807) is 0 Å². The van der Waals surface area contributed by atoms with Crippen LogP contribution in [0.15, 0.2) is 35.1 Å². The number of H-pyrrole nitrogens is 1. The number of nitrogens with one attached hydrogen (secondary N) is 2. The molecule has 0 saturated carbocycles. The van der Waals surface area contributed by atoms with Gasteiger partial charge in [0.25, 0.3) is 0 Å². The smallest absolute Gasteiger partial charge is 0.238 e. The highest BCUT2D eigenvalue weighted by Crippen LogP contribution is 2.22. The van der Waals surface area contributed by atoms with Crippen molar-refractivity contribution in [1.29, 1.82) is 0 Å². The molecule has 0 aliphatic carbocycles. The average Bonchev–Trinajstić information content (AvgIpc) is 2.62. The summed E-state index contributed by atoms with van der Waals surface area (Å²) in [5, 5.41) is 3.73. The number of benzene rings is 2. The molecule has 5 heteroatoms. The summed E-state index contributed by atoms with van der Waals surface area (Å²) in [6.45, 7) is 9.60. The number of aryl methyl sites for hydroxylation is 4. The molecular formula is C24H27N3O2. The lowest BCUT2D eigenvalue weighted by Crippen LogP contribution is -2.39. The van der Waals surface area contributed by atoms with E-state index in [2.05, 4.69) is 22.4 Å². The van der Waals surface area contributed by atoms with E-state index in [1.165, 1.54) is 0 Å². The highest BCUT2D eigenvalue weighted by molar-refractivity contribution is 5.92. The lowest BCUT2D eigenvalue weighted by atomic mass is 9.99. The monoisotopic (exact) mass is 389 g/mol. The number of rotatable bonds is 3. The average molecular weight is 389 g/mol. The van der Waals surface area contributed by atoms with Crippen LogP contribution in [0.3, 0.4) is 0 Å². The molecule has 0 unspecified atom stereocenters. The zero-order chi connectivity index (χ0) is 20.7. The third kappa shape index (κ3) is 3.96. The van der Waals surface area contributed by atoms with Crippen LogP contribution in [0.1, 0.15) is 33.5 Å². The standard InChI is InChI=1S/C24H27N3O2/c1-14-7-15(2)10-18(9-14)25-22(28)13-27-6-5-21-20(12-27)24(29)19-11-16(3)8-17(4)23(19)26-21/h7-11H,5-6,12-13H2,1-4H3,(H,25,28)(H,26,29). The normalized spacial score (nSPS) is 14.1. The molecule has 2 aromatic carbocycles. The van der Waals surface area contributed by atoms with Gasteiger partial charge in [0.1, 0.15) is 0 Å². The minimum atomic E-state index is -0.0534. The summed E-state index contributed by atoms with van der Waals surface area (Å²) in [6.07, 6.45) is 0.741. The van der Waals surface area contributed by atoms with Crippen LogP contribution in [-0.2, 0) is 17.8 Å². The van der Waals surface area contributed by atoms with Crippen LogP contribution in [0, 0.1) is 27.7 Å². The SMILES string of the molecule is Cc1cc(C)cc(NC(=O)CN2CCc3[nH]c4c(C)cc(C)cc4c(=O)c3C2)c1. The molecular weight excluding hydrogens is 362 g/mol. The third-order valence-corrected chi connectivity index (χ3v) is 5.57. The predicted molar refractivity (Wildman–Crippen MR) is 118 cm³/mol. The zero-order valence-corrected chi connectivity index (χ0v) is 17.5. The van der Waals surface area contributed by atoms with Gasteiger partial charge in [0.15, 0.2) is 5.43 Å². The summed E-state index contributed by atoms with van der Waals surface area (Å²) in [5.41, 5.74) is 8.04. The molecule has 1 aliphatic heterocycles. The Labute approximate surface area is 170 Å². The number of amides is 1. The van der Waals surface area contributed by atoms with Crippen molar-refractivity contribution in [2.24, 2.45) is 0 Å². The van der Waals surface area contributed by atoms with Crippen molar-refractivity contribution in [2.45, 2.75) is 40.7 Å². The van der Waals surface area contributed by atoms with Gasteiger partial charge in [-0.25, -0.2) is 0 Å². The van der Waals surface area contributed by atoms with Gasteiger partial charge < -0.3 is 10.3 Å². The number of carbonyl (C=O) groups is 1. The van der Waals surface area contributed by atoms with Crippen molar-refractivity contribution in [1.82, 2.24) is 9.88 Å². The van der Waals surface area contributed by atoms with E-state index in [9.17, 15) is 9.59 Å². The summed E-state index contributed by atoms with van der Waals surface area (Å²) in [7, 11) is 0. The molecule has 1 aliphatic rings. The second kappa shape index (κ2) is 7.48. The Kier molecular flexibility index (Phi) is 5.01. The third-order valence-electron chi connectivity index (χ3n) is 5.57. The van der Waals surface area contributed by atoms with Crippen molar-refractivity contribution in [3.8, 4) is 0 Å². The minimum Gasteiger partial charge on any atom is -0.358 e. The number of pyridine rings is 1. The lowest BCUT2D eigenvalue weighted by Gasteiger charge is -2.28. The van der Waals surface area contributed by atoms with Crippen molar-refractivity contribution in [2.75, 3.05) is 18.4 Å². The molecule has 4 rings (SSSR count). The first-order valence-electron chi connectivity index (χ1n) is 10.1. The van der Waals surface area contributed by atoms with Crippen molar-refractivity contribution in [3.05, 3.63) is 74.1 Å². The molecule has 29 heavy (non-hydrogen) atoms. The van der Waals surface area contributed by atoms with Crippen LogP contribution in [-0.4, -0.2) is 28.9 Å². The molecule has 2 heterocycles. The Morgan fingerprint density at radius 3 is 2.45 bits per heavy atom. The number of anilines is 1. The molecule has 5 nitrogen and oxygen atoms in total. The molecule has 0 bridgehead atoms. The zero-order valence-electron chi connectivity index (χ0n) is 17.5. The fourth-order valence-electron chi connectivity index (χ4n) is 4.38. The summed E-state index contributed by atoms with van der Waals surface area (Å²) >= 11 is 0. The fourth-order valence-corrected chi connectivity index (χ4v) is 4.38. The van der Waals surface area contributed by atoms with E-state index in [0.29, 0.717) is 6.54 Å². The molecule has 0 atom stereocenters. The van der Waals surface area contributed by atoms with Gasteiger partial charge in [-0.3, -0.25) is 14.5 Å². The maximum absolute atomic E-state index is 13.1. The van der Waals surface area contributed by atoms with Crippen molar-refractivity contribution >= 4 is 22.5 Å². The van der Waals surface area contributed by atoms with Crippen LogP contribution in [0.4, 0.5) is 5.69 Å². The predicted octanol–water partition coefficient (Wildman–Crippen LogP) is 3.76. The van der Waals surface area contributed by atoms with Gasteiger partial charge >= 0.3 is 0 Å². The van der Waals surface area contributed by atoms with E-state index in [0.717, 1.165) is 63.1 Å². The first-order chi connectivity index (χ1) is 13.8. The maximum Gasteiger partial charge on any atom is 0.238 e. The Bertz CT molecular complexity index is 1160. The number of hydrogen-bond donors (Lipinski definition) is 2. The van der Waals surface area contributed by atoms with Crippen molar-refractivity contribution < 1.29 is 4.79 Å². The van der Waals surface area contributed by atoms with Crippen LogP contribution in [0.5, 0.6) is 0 Å². The second-order valence-corrected chi connectivity index (χ2v) is 8.30. The molecule has 3 aromatic rings. The lowest BCUT2D eigenvalue weighted by molar-refractivity contribution is -0.117. The number of hydrogen-bond acceptors (Lipinski definition) is 3. The van der Waals surface area contributed by atoms with Gasteiger partial charge in [-0.05, 0) is 68.1 Å². The van der Waals surface area contributed by atoms with E-state index in [-0.39, 0.29) is 17.9 Å². The summed E-state index contributed by atoms with van der Waals surface area (Å²) in [6, 6.07) is 10.1. The Balaban J connectivity index is 1.54. The number of aromatic amines is 1. The quantitative estimate of drug-likeness (QED) is 0.717. The first-order valence-corrected chi connectivity index (χ1v) is 10.1. The highest BCUT2D eigenvalue weighted by atomic mass is 16.2. The summed E-state index contributed by atoms with van der Waals surface area (Å²) in [4.78, 5) is 31.2. The molecule has 0 fully saturated rings. The Hall–Kier alpha value is -2.92. The van der Waals surface area contributed by atoms with Gasteiger partial charge in [-0.1, -0.05) is 12.1 Å². The maximum atomic E-state index is 13.1. The molecule has 1 aromatic heterocycles. The van der Waals surface area contributed by atoms with Gasteiger partial charge in [-0.2, -0.15) is 0 Å². The number of aromatic nitrogens is 1. The molecule has 150 valence electrons. The number of nitrogens with zero attached hydrogens (tertiary/aromatic N) is 1. The minimum absolute atomic E-state index is 0.0534. The fraction of sp³-hybridized carbons (Fsp3) is 0.333. The van der Waals surface area contributed by atoms with Crippen LogP contribution >= 0.6 is 0 Å². The number of fused-ring (bicyclic) bond motifs is 2. The Morgan fingerprint density at radius 1 is 1.03 bits per heavy atom. The van der Waals surface area contributed by atoms with E-state index >= 15 is 0 Å². The van der Waals surface area contributed by atoms with Crippen LogP contribution in [0.2, 0.25) is 0 Å². The topological polar surface area (TPSA) is 65.2 Å². The molecule has 0 radical (unpaired) electrons. The largest absolute Gasteiger partial charge is 0.358 e. The van der Waals surface area contributed by atoms with E-state index in [4.69, 9.17) is 0 Å². The van der Waals surface area contributed by atoms with Gasteiger partial charge in [0, 0.05) is 41.8 Å². The molecule has 1 amide bonds. The molecule has 0 spiro atoms. The molecule has 2 N–H and O–H groups in total.